The van der Waals surface area contributed by atoms with E-state index in [0.29, 0.717) is 17.5 Å². The van der Waals surface area contributed by atoms with E-state index >= 15 is 0 Å². The highest BCUT2D eigenvalue weighted by Crippen LogP contribution is 2.22. The van der Waals surface area contributed by atoms with E-state index in [1.165, 1.54) is 4.68 Å². The largest absolute Gasteiger partial charge is 0.378 e. The van der Waals surface area contributed by atoms with Gasteiger partial charge in [0.1, 0.15) is 5.69 Å². The number of nitrogens with zero attached hydrogens (tertiary/aromatic N) is 5. The van der Waals surface area contributed by atoms with Crippen molar-refractivity contribution in [2.75, 3.05) is 25.1 Å². The summed E-state index contributed by atoms with van der Waals surface area (Å²) in [4.78, 5) is 14.4. The fourth-order valence-corrected chi connectivity index (χ4v) is 2.83. The van der Waals surface area contributed by atoms with Gasteiger partial charge in [-0.3, -0.25) is 14.4 Å². The van der Waals surface area contributed by atoms with E-state index in [-0.39, 0.29) is 5.56 Å². The summed E-state index contributed by atoms with van der Waals surface area (Å²) in [5, 5.41) is 11.5. The van der Waals surface area contributed by atoms with Gasteiger partial charge in [0, 0.05) is 32.4 Å². The summed E-state index contributed by atoms with van der Waals surface area (Å²) in [5.41, 5.74) is 1.48. The van der Waals surface area contributed by atoms with Gasteiger partial charge in [-0.25, -0.2) is 4.68 Å². The molecule has 0 unspecified atom stereocenters. The lowest BCUT2D eigenvalue weighted by Gasteiger charge is -2.39. The van der Waals surface area contributed by atoms with Gasteiger partial charge in [0.2, 0.25) is 0 Å². The quantitative estimate of drug-likeness (QED) is 0.855. The van der Waals surface area contributed by atoms with Gasteiger partial charge in [0.05, 0.1) is 31.5 Å². The van der Waals surface area contributed by atoms with Crippen molar-refractivity contribution in [1.29, 1.82) is 0 Å². The van der Waals surface area contributed by atoms with Gasteiger partial charge >= 0.3 is 0 Å². The van der Waals surface area contributed by atoms with Gasteiger partial charge in [0.15, 0.2) is 5.82 Å². The molecule has 0 bridgehead atoms. The molecule has 0 aliphatic carbocycles. The molecule has 0 saturated carbocycles. The number of hydrogen-bond donors (Lipinski definition) is 1. The van der Waals surface area contributed by atoms with Crippen LogP contribution in [0, 0.1) is 0 Å². The molecule has 116 valence electrons. The SMILES string of the molecule is Cn1nccc(Nc2cc3n(n2)CCN(C2COC2)C3)c1=O. The number of aryl methyl sites for hydroxylation is 1. The molecule has 2 aliphatic rings. The molecule has 22 heavy (non-hydrogen) atoms. The monoisotopic (exact) mass is 302 g/mol. The van der Waals surface area contributed by atoms with Crippen molar-refractivity contribution in [2.45, 2.75) is 19.1 Å². The zero-order valence-electron chi connectivity index (χ0n) is 12.4. The van der Waals surface area contributed by atoms with Gasteiger partial charge in [0.25, 0.3) is 5.56 Å². The van der Waals surface area contributed by atoms with Crippen LogP contribution in [0.3, 0.4) is 0 Å². The van der Waals surface area contributed by atoms with Crippen molar-refractivity contribution in [3.8, 4) is 0 Å². The summed E-state index contributed by atoms with van der Waals surface area (Å²) in [5.74, 6) is 0.699. The normalized spacial score (nSPS) is 18.8. The molecule has 4 rings (SSSR count). The summed E-state index contributed by atoms with van der Waals surface area (Å²) < 4.78 is 8.57. The van der Waals surface area contributed by atoms with Crippen LogP contribution in [0.5, 0.6) is 0 Å². The molecule has 1 fully saturated rings. The molecule has 2 aliphatic heterocycles. The minimum absolute atomic E-state index is 0.165. The standard InChI is InChI=1S/C14H18N6O2/c1-18-14(21)12(2-3-15-18)16-13-6-10-7-19(11-8-22-9-11)4-5-20(10)17-13/h2-3,6,11H,4-5,7-9H2,1H3,(H,16,17). The van der Waals surface area contributed by atoms with Gasteiger partial charge in [-0.15, -0.1) is 0 Å². The van der Waals surface area contributed by atoms with Crippen molar-refractivity contribution in [3.63, 3.8) is 0 Å². The van der Waals surface area contributed by atoms with Crippen molar-refractivity contribution >= 4 is 11.5 Å². The maximum atomic E-state index is 12.0. The number of nitrogens with one attached hydrogen (secondary N) is 1. The molecule has 8 nitrogen and oxygen atoms in total. The second-order valence-electron chi connectivity index (χ2n) is 5.70. The molecule has 1 N–H and O–H groups in total. The average molecular weight is 302 g/mol. The van der Waals surface area contributed by atoms with Crippen LogP contribution in [-0.2, 0) is 24.9 Å². The summed E-state index contributed by atoms with van der Waals surface area (Å²) in [7, 11) is 1.63. The lowest BCUT2D eigenvalue weighted by Crippen LogP contribution is -2.51. The predicted octanol–water partition coefficient (Wildman–Crippen LogP) is -0.0652. The topological polar surface area (TPSA) is 77.2 Å². The minimum atomic E-state index is -0.165. The van der Waals surface area contributed by atoms with Crippen molar-refractivity contribution in [2.24, 2.45) is 7.05 Å². The van der Waals surface area contributed by atoms with Crippen LogP contribution in [-0.4, -0.2) is 50.3 Å². The van der Waals surface area contributed by atoms with Crippen molar-refractivity contribution in [3.05, 3.63) is 34.4 Å². The summed E-state index contributed by atoms with van der Waals surface area (Å²) >= 11 is 0. The van der Waals surface area contributed by atoms with Gasteiger partial charge in [-0.1, -0.05) is 0 Å². The van der Waals surface area contributed by atoms with Gasteiger partial charge in [-0.05, 0) is 6.07 Å². The van der Waals surface area contributed by atoms with E-state index in [1.54, 1.807) is 19.3 Å². The Labute approximate surface area is 127 Å². The third-order valence-electron chi connectivity index (χ3n) is 4.23. The third-order valence-corrected chi connectivity index (χ3v) is 4.23. The Morgan fingerprint density at radius 3 is 3.00 bits per heavy atom. The van der Waals surface area contributed by atoms with E-state index in [4.69, 9.17) is 4.74 Å². The van der Waals surface area contributed by atoms with Crippen LogP contribution in [0.25, 0.3) is 0 Å². The Balaban J connectivity index is 1.54. The Kier molecular flexibility index (Phi) is 3.20. The first-order valence-corrected chi connectivity index (χ1v) is 7.38. The molecule has 2 aromatic heterocycles. The maximum absolute atomic E-state index is 12.0. The number of aromatic nitrogens is 4. The number of rotatable bonds is 3. The molecule has 0 amide bonds. The summed E-state index contributed by atoms with van der Waals surface area (Å²) in [6.07, 6.45) is 1.60. The molecule has 1 saturated heterocycles. The Morgan fingerprint density at radius 1 is 1.36 bits per heavy atom. The van der Waals surface area contributed by atoms with E-state index in [2.05, 4.69) is 20.4 Å². The van der Waals surface area contributed by atoms with Crippen LogP contribution >= 0.6 is 0 Å². The molecule has 8 heteroatoms. The molecule has 0 atom stereocenters. The lowest BCUT2D eigenvalue weighted by atomic mass is 10.2. The van der Waals surface area contributed by atoms with E-state index in [1.807, 2.05) is 10.7 Å². The molecule has 0 spiro atoms. The van der Waals surface area contributed by atoms with E-state index < -0.39 is 0 Å². The Hall–Kier alpha value is -2.19. The number of fused-ring (bicyclic) bond motifs is 1. The Bertz CT molecular complexity index is 748. The average Bonchev–Trinajstić information content (AvgIpc) is 2.84. The van der Waals surface area contributed by atoms with Crippen LogP contribution < -0.4 is 10.9 Å². The number of anilines is 2. The molecule has 0 radical (unpaired) electrons. The third kappa shape index (κ3) is 2.30. The first-order chi connectivity index (χ1) is 10.7. The molecule has 2 aromatic rings. The second kappa shape index (κ2) is 5.22. The van der Waals surface area contributed by atoms with Gasteiger partial charge < -0.3 is 10.1 Å². The minimum Gasteiger partial charge on any atom is -0.378 e. The molecular formula is C14H18N6O2. The van der Waals surface area contributed by atoms with E-state index in [9.17, 15) is 4.79 Å². The number of ether oxygens (including phenoxy) is 1. The maximum Gasteiger partial charge on any atom is 0.290 e. The predicted molar refractivity (Wildman–Crippen MR) is 80.0 cm³/mol. The fourth-order valence-electron chi connectivity index (χ4n) is 2.83. The highest BCUT2D eigenvalue weighted by atomic mass is 16.5. The first kappa shape index (κ1) is 13.5. The highest BCUT2D eigenvalue weighted by Gasteiger charge is 2.29. The smallest absolute Gasteiger partial charge is 0.290 e. The zero-order valence-corrected chi connectivity index (χ0v) is 12.4. The van der Waals surface area contributed by atoms with Crippen molar-refractivity contribution in [1.82, 2.24) is 24.5 Å². The van der Waals surface area contributed by atoms with Crippen LogP contribution in [0.1, 0.15) is 5.69 Å². The fraction of sp³-hybridized carbons (Fsp3) is 0.500. The zero-order chi connectivity index (χ0) is 15.1. The Morgan fingerprint density at radius 2 is 2.23 bits per heavy atom. The second-order valence-corrected chi connectivity index (χ2v) is 5.70. The number of hydrogen-bond acceptors (Lipinski definition) is 6. The van der Waals surface area contributed by atoms with Crippen molar-refractivity contribution < 1.29 is 4.74 Å². The summed E-state index contributed by atoms with van der Waals surface area (Å²) in [6.45, 7) is 4.37. The van der Waals surface area contributed by atoms with Crippen LogP contribution in [0.2, 0.25) is 0 Å². The lowest BCUT2D eigenvalue weighted by molar-refractivity contribution is -0.0735. The summed E-state index contributed by atoms with van der Waals surface area (Å²) in [6, 6.07) is 4.21. The molecule has 0 aromatic carbocycles. The first-order valence-electron chi connectivity index (χ1n) is 7.38. The molecular weight excluding hydrogens is 284 g/mol. The van der Waals surface area contributed by atoms with E-state index in [0.717, 1.165) is 38.5 Å². The van der Waals surface area contributed by atoms with Crippen LogP contribution in [0.15, 0.2) is 23.1 Å². The highest BCUT2D eigenvalue weighted by molar-refractivity contribution is 5.54. The van der Waals surface area contributed by atoms with Crippen LogP contribution in [0.4, 0.5) is 11.5 Å². The van der Waals surface area contributed by atoms with Gasteiger partial charge in [-0.2, -0.15) is 10.2 Å². The molecule has 4 heterocycles.